The number of para-hydroxylation sites is 2. The van der Waals surface area contributed by atoms with Crippen LogP contribution in [0.5, 0.6) is 0 Å². The van der Waals surface area contributed by atoms with Crippen molar-refractivity contribution < 1.29 is 38.0 Å². The maximum absolute atomic E-state index is 13.9. The lowest BCUT2D eigenvalue weighted by molar-refractivity contribution is -0.330. The van der Waals surface area contributed by atoms with Crippen LogP contribution in [0.3, 0.4) is 0 Å². The van der Waals surface area contributed by atoms with Crippen molar-refractivity contribution in [3.63, 3.8) is 0 Å². The molecule has 0 spiro atoms. The van der Waals surface area contributed by atoms with Crippen LogP contribution in [0.4, 0.5) is 16.2 Å². The van der Waals surface area contributed by atoms with E-state index in [9.17, 15) is 9.59 Å². The van der Waals surface area contributed by atoms with E-state index in [0.29, 0.717) is 11.4 Å². The standard InChI is InChI=1S/C41H45NO8/c1-30(43)48-37-36(29-47-41(44)42(33-21-11-4-12-22-33)34-23-13-5-14-24-34)50-40(49-35-25-15-6-16-26-35)39(46-28-32-19-9-3-10-20-32)38(37)45-27-31-17-7-2-8-18-31/h2-5,7-14,17-24,35-40H,6,15-16,25-29H2,1H3/t36-,37-,38+,39-,40-/m1/s1. The molecule has 5 atom stereocenters. The maximum Gasteiger partial charge on any atom is 0.419 e. The van der Waals surface area contributed by atoms with Crippen LogP contribution < -0.4 is 4.90 Å². The van der Waals surface area contributed by atoms with Gasteiger partial charge in [0.2, 0.25) is 0 Å². The third-order valence-corrected chi connectivity index (χ3v) is 8.92. The third-order valence-electron chi connectivity index (χ3n) is 8.92. The number of nitrogens with zero attached hydrogens (tertiary/aromatic N) is 1. The Morgan fingerprint density at radius 1 is 0.660 bits per heavy atom. The minimum Gasteiger partial charge on any atom is -0.457 e. The number of amides is 1. The molecule has 0 unspecified atom stereocenters. The highest BCUT2D eigenvalue weighted by atomic mass is 16.7. The largest absolute Gasteiger partial charge is 0.457 e. The summed E-state index contributed by atoms with van der Waals surface area (Å²) in [5.41, 5.74) is 3.19. The molecule has 0 N–H and O–H groups in total. The van der Waals surface area contributed by atoms with Crippen LogP contribution in [0, 0.1) is 0 Å². The first-order valence-corrected chi connectivity index (χ1v) is 17.4. The van der Waals surface area contributed by atoms with E-state index in [1.54, 1.807) is 0 Å². The lowest BCUT2D eigenvalue weighted by atomic mass is 9.96. The monoisotopic (exact) mass is 679 g/mol. The average molecular weight is 680 g/mol. The molecule has 4 aromatic carbocycles. The molecule has 1 aliphatic heterocycles. The van der Waals surface area contributed by atoms with E-state index < -0.39 is 42.8 Å². The van der Waals surface area contributed by atoms with Crippen LogP contribution in [-0.4, -0.2) is 55.5 Å². The Kier molecular flexibility index (Phi) is 12.6. The predicted octanol–water partition coefficient (Wildman–Crippen LogP) is 8.14. The molecule has 1 heterocycles. The summed E-state index contributed by atoms with van der Waals surface area (Å²) in [5.74, 6) is -0.521. The van der Waals surface area contributed by atoms with Crippen molar-refractivity contribution in [3.05, 3.63) is 132 Å². The molecule has 262 valence electrons. The maximum atomic E-state index is 13.9. The van der Waals surface area contributed by atoms with Crippen molar-refractivity contribution in [2.45, 2.75) is 89.1 Å². The van der Waals surface area contributed by atoms with Gasteiger partial charge in [0.25, 0.3) is 0 Å². The summed E-state index contributed by atoms with van der Waals surface area (Å²) >= 11 is 0. The molecule has 2 aliphatic rings. The van der Waals surface area contributed by atoms with Crippen LogP contribution >= 0.6 is 0 Å². The second-order valence-electron chi connectivity index (χ2n) is 12.6. The topological polar surface area (TPSA) is 92.8 Å². The highest BCUT2D eigenvalue weighted by molar-refractivity contribution is 5.95. The number of carbonyl (C=O) groups is 2. The van der Waals surface area contributed by atoms with Gasteiger partial charge >= 0.3 is 12.1 Å². The summed E-state index contributed by atoms with van der Waals surface area (Å²) in [6.07, 6.45) is 0.100. The van der Waals surface area contributed by atoms with Crippen LogP contribution in [-0.2, 0) is 46.4 Å². The zero-order valence-corrected chi connectivity index (χ0v) is 28.4. The molecule has 0 bridgehead atoms. The van der Waals surface area contributed by atoms with Gasteiger partial charge < -0.3 is 28.4 Å². The van der Waals surface area contributed by atoms with E-state index >= 15 is 0 Å². The molecule has 0 aromatic heterocycles. The SMILES string of the molecule is CC(=O)O[C@H]1[C@H](OCc2ccccc2)[C@@H](OCc2ccccc2)[C@H](OC2CCCCC2)O[C@@H]1COC(=O)N(c1ccccc1)c1ccccc1. The molecule has 9 heteroatoms. The number of rotatable bonds is 13. The molecule has 1 saturated carbocycles. The van der Waals surface area contributed by atoms with Gasteiger partial charge in [0, 0.05) is 6.92 Å². The Morgan fingerprint density at radius 2 is 1.16 bits per heavy atom. The van der Waals surface area contributed by atoms with Gasteiger partial charge in [0.1, 0.15) is 24.9 Å². The summed E-state index contributed by atoms with van der Waals surface area (Å²) < 4.78 is 38.5. The van der Waals surface area contributed by atoms with E-state index in [0.717, 1.165) is 43.2 Å². The van der Waals surface area contributed by atoms with Crippen molar-refractivity contribution in [1.82, 2.24) is 0 Å². The van der Waals surface area contributed by atoms with Gasteiger partial charge in [-0.05, 0) is 48.2 Å². The molecule has 1 amide bonds. The lowest BCUT2D eigenvalue weighted by Gasteiger charge is -2.46. The Labute approximate surface area is 294 Å². The molecular weight excluding hydrogens is 634 g/mol. The Balaban J connectivity index is 1.30. The van der Waals surface area contributed by atoms with Crippen molar-refractivity contribution in [2.24, 2.45) is 0 Å². The number of benzene rings is 4. The second-order valence-corrected chi connectivity index (χ2v) is 12.6. The molecule has 9 nitrogen and oxygen atoms in total. The highest BCUT2D eigenvalue weighted by Crippen LogP contribution is 2.34. The molecule has 50 heavy (non-hydrogen) atoms. The van der Waals surface area contributed by atoms with E-state index in [-0.39, 0.29) is 25.9 Å². The summed E-state index contributed by atoms with van der Waals surface area (Å²) in [6, 6.07) is 38.1. The van der Waals surface area contributed by atoms with E-state index in [2.05, 4.69) is 0 Å². The summed E-state index contributed by atoms with van der Waals surface area (Å²) in [4.78, 5) is 28.0. The Hall–Kier alpha value is -4.54. The summed E-state index contributed by atoms with van der Waals surface area (Å²) in [7, 11) is 0. The van der Waals surface area contributed by atoms with E-state index in [1.807, 2.05) is 121 Å². The van der Waals surface area contributed by atoms with Crippen molar-refractivity contribution >= 4 is 23.4 Å². The molecular formula is C41H45NO8. The number of hydrogen-bond donors (Lipinski definition) is 0. The fourth-order valence-corrected chi connectivity index (χ4v) is 6.48. The van der Waals surface area contributed by atoms with Crippen molar-refractivity contribution in [1.29, 1.82) is 0 Å². The van der Waals surface area contributed by atoms with Crippen LogP contribution in [0.1, 0.15) is 50.2 Å². The van der Waals surface area contributed by atoms with Crippen LogP contribution in [0.2, 0.25) is 0 Å². The lowest BCUT2D eigenvalue weighted by Crippen LogP contribution is -2.62. The second kappa shape index (κ2) is 17.9. The first-order chi connectivity index (χ1) is 24.5. The van der Waals surface area contributed by atoms with Gasteiger partial charge in [-0.3, -0.25) is 4.79 Å². The van der Waals surface area contributed by atoms with Crippen LogP contribution in [0.25, 0.3) is 0 Å². The molecule has 2 fully saturated rings. The van der Waals surface area contributed by atoms with Crippen LogP contribution in [0.15, 0.2) is 121 Å². The molecule has 4 aromatic rings. The van der Waals surface area contributed by atoms with Gasteiger partial charge in [-0.25, -0.2) is 9.69 Å². The average Bonchev–Trinajstić information content (AvgIpc) is 3.15. The number of ether oxygens (including phenoxy) is 6. The quantitative estimate of drug-likeness (QED) is 0.131. The first kappa shape index (κ1) is 35.3. The third kappa shape index (κ3) is 9.57. The van der Waals surface area contributed by atoms with Gasteiger partial charge in [0.15, 0.2) is 12.4 Å². The zero-order valence-electron chi connectivity index (χ0n) is 28.4. The van der Waals surface area contributed by atoms with Crippen molar-refractivity contribution in [2.75, 3.05) is 11.5 Å². The Bertz CT molecular complexity index is 1560. The van der Waals surface area contributed by atoms with Gasteiger partial charge in [-0.2, -0.15) is 0 Å². The predicted molar refractivity (Wildman–Crippen MR) is 189 cm³/mol. The molecule has 0 radical (unpaired) electrons. The normalized spacial score (nSPS) is 22.4. The first-order valence-electron chi connectivity index (χ1n) is 17.4. The van der Waals surface area contributed by atoms with Gasteiger partial charge in [-0.15, -0.1) is 0 Å². The van der Waals surface area contributed by atoms with Gasteiger partial charge in [0.05, 0.1) is 30.7 Å². The van der Waals surface area contributed by atoms with Crippen molar-refractivity contribution in [3.8, 4) is 0 Å². The van der Waals surface area contributed by atoms with E-state index in [4.69, 9.17) is 28.4 Å². The summed E-state index contributed by atoms with van der Waals surface area (Å²) in [6.45, 7) is 1.61. The number of esters is 1. The molecule has 1 saturated heterocycles. The van der Waals surface area contributed by atoms with Gasteiger partial charge in [-0.1, -0.05) is 116 Å². The minimum absolute atomic E-state index is 0.0357. The number of carbonyl (C=O) groups excluding carboxylic acids is 2. The fourth-order valence-electron chi connectivity index (χ4n) is 6.48. The minimum atomic E-state index is -0.974. The van der Waals surface area contributed by atoms with E-state index in [1.165, 1.54) is 11.8 Å². The number of hydrogen-bond acceptors (Lipinski definition) is 8. The summed E-state index contributed by atoms with van der Waals surface area (Å²) in [5, 5.41) is 0. The highest BCUT2D eigenvalue weighted by Gasteiger charge is 2.51. The zero-order chi connectivity index (χ0) is 34.5. The molecule has 1 aliphatic carbocycles. The Morgan fingerprint density at radius 3 is 1.68 bits per heavy atom. The smallest absolute Gasteiger partial charge is 0.419 e. The number of anilines is 2. The molecule has 6 rings (SSSR count). The fraction of sp³-hybridized carbons (Fsp3) is 0.366.